The first-order chi connectivity index (χ1) is 17.0. The first kappa shape index (κ1) is 25.8. The van der Waals surface area contributed by atoms with Crippen LogP contribution >= 0.6 is 0 Å². The smallest absolute Gasteiger partial charge is 0.379 e. The maximum Gasteiger partial charge on any atom is 0.418 e. The quantitative estimate of drug-likeness (QED) is 0.515. The highest BCUT2D eigenvalue weighted by molar-refractivity contribution is 5.77. The van der Waals surface area contributed by atoms with E-state index in [2.05, 4.69) is 9.97 Å². The number of halogens is 3. The van der Waals surface area contributed by atoms with Gasteiger partial charge in [-0.15, -0.1) is 0 Å². The van der Waals surface area contributed by atoms with Crippen LogP contribution in [-0.2, 0) is 16.7 Å². The fourth-order valence-corrected chi connectivity index (χ4v) is 5.45. The molecule has 4 rings (SSSR count). The number of fused-ring (bicyclic) bond motifs is 1. The Hall–Kier alpha value is -3.30. The molecular formula is C27H28F3N3O3. The van der Waals surface area contributed by atoms with Gasteiger partial charge in [-0.05, 0) is 29.5 Å². The monoisotopic (exact) mass is 499 g/mol. The normalized spacial score (nSPS) is 22.0. The molecule has 0 bridgehead atoms. The summed E-state index contributed by atoms with van der Waals surface area (Å²) in [6, 6.07) is 6.17. The lowest BCUT2D eigenvalue weighted by Gasteiger charge is -2.52. The van der Waals surface area contributed by atoms with Crippen LogP contribution in [0.3, 0.4) is 0 Å². The zero-order valence-corrected chi connectivity index (χ0v) is 20.2. The number of allylic oxidation sites excluding steroid dienone is 2. The summed E-state index contributed by atoms with van der Waals surface area (Å²) in [5.41, 5.74) is -4.80. The third-order valence-electron chi connectivity index (χ3n) is 7.19. The lowest BCUT2D eigenvalue weighted by molar-refractivity contribution is -0.277. The third kappa shape index (κ3) is 4.26. The second-order valence-corrected chi connectivity index (χ2v) is 9.80. The molecule has 6 nitrogen and oxygen atoms in total. The van der Waals surface area contributed by atoms with Gasteiger partial charge in [-0.25, -0.2) is 0 Å². The number of alkyl halides is 3. The van der Waals surface area contributed by atoms with Crippen molar-refractivity contribution in [2.75, 3.05) is 7.11 Å². The Balaban J connectivity index is 1.84. The van der Waals surface area contributed by atoms with Crippen LogP contribution in [0.1, 0.15) is 25.8 Å². The average Bonchev–Trinajstić information content (AvgIpc) is 2.85. The van der Waals surface area contributed by atoms with Gasteiger partial charge in [0.25, 0.3) is 0 Å². The predicted octanol–water partition coefficient (Wildman–Crippen LogP) is 4.58. The summed E-state index contributed by atoms with van der Waals surface area (Å²) in [5.74, 6) is 0. The summed E-state index contributed by atoms with van der Waals surface area (Å²) in [7, 11) is 1.51. The van der Waals surface area contributed by atoms with Crippen molar-refractivity contribution in [3.05, 3.63) is 95.3 Å². The van der Waals surface area contributed by atoms with E-state index in [1.807, 2.05) is 6.08 Å². The topological polar surface area (TPSA) is 77.2 Å². The molecule has 3 atom stereocenters. The maximum atomic E-state index is 14.7. The van der Waals surface area contributed by atoms with Crippen molar-refractivity contribution in [3.8, 4) is 0 Å². The van der Waals surface area contributed by atoms with Crippen LogP contribution in [0.2, 0.25) is 0 Å². The Morgan fingerprint density at radius 2 is 1.86 bits per heavy atom. The highest BCUT2D eigenvalue weighted by Gasteiger charge is 2.61. The molecule has 1 aliphatic carbocycles. The van der Waals surface area contributed by atoms with Crippen molar-refractivity contribution in [1.82, 2.24) is 14.5 Å². The van der Waals surface area contributed by atoms with E-state index in [0.29, 0.717) is 5.56 Å². The van der Waals surface area contributed by atoms with Gasteiger partial charge in [0.15, 0.2) is 11.0 Å². The fraction of sp³-hybridized carbons (Fsp3) is 0.370. The van der Waals surface area contributed by atoms with Crippen molar-refractivity contribution in [3.63, 3.8) is 0 Å². The van der Waals surface area contributed by atoms with Crippen molar-refractivity contribution < 1.29 is 23.0 Å². The molecule has 0 aromatic carbocycles. The fourth-order valence-electron chi connectivity index (χ4n) is 5.45. The number of aromatic nitrogens is 3. The van der Waals surface area contributed by atoms with Gasteiger partial charge in [-0.2, -0.15) is 13.2 Å². The van der Waals surface area contributed by atoms with Gasteiger partial charge >= 0.3 is 6.18 Å². The minimum Gasteiger partial charge on any atom is -0.379 e. The number of hydrogen-bond donors (Lipinski definition) is 1. The summed E-state index contributed by atoms with van der Waals surface area (Å²) in [4.78, 5) is 20.3. The molecule has 3 heterocycles. The minimum atomic E-state index is -4.97. The van der Waals surface area contributed by atoms with E-state index in [1.54, 1.807) is 56.6 Å². The van der Waals surface area contributed by atoms with Crippen LogP contribution in [-0.4, -0.2) is 44.6 Å². The molecule has 3 aromatic heterocycles. The summed E-state index contributed by atoms with van der Waals surface area (Å²) >= 11 is 0. The Morgan fingerprint density at radius 1 is 1.11 bits per heavy atom. The van der Waals surface area contributed by atoms with Crippen molar-refractivity contribution in [2.24, 2.45) is 5.41 Å². The van der Waals surface area contributed by atoms with E-state index in [-0.39, 0.29) is 16.3 Å². The molecule has 0 spiro atoms. The lowest BCUT2D eigenvalue weighted by Crippen LogP contribution is -2.58. The van der Waals surface area contributed by atoms with Gasteiger partial charge in [0.1, 0.15) is 0 Å². The second kappa shape index (κ2) is 9.29. The molecule has 1 N–H and O–H groups in total. The number of hydrogen-bond acceptors (Lipinski definition) is 5. The Bertz CT molecular complexity index is 1350. The maximum absolute atomic E-state index is 14.7. The minimum absolute atomic E-state index is 0.176. The molecule has 3 aromatic rings. The molecule has 0 saturated carbocycles. The van der Waals surface area contributed by atoms with E-state index in [9.17, 15) is 23.1 Å². The number of pyridine rings is 3. The van der Waals surface area contributed by atoms with E-state index < -0.39 is 41.7 Å². The Labute approximate surface area is 206 Å². The second-order valence-electron chi connectivity index (χ2n) is 9.80. The predicted molar refractivity (Wildman–Crippen MR) is 130 cm³/mol. The number of ether oxygens (including phenoxy) is 1. The molecular weight excluding hydrogens is 471 g/mol. The Morgan fingerprint density at radius 3 is 2.53 bits per heavy atom. The summed E-state index contributed by atoms with van der Waals surface area (Å²) in [6.45, 7) is 2.58. The van der Waals surface area contributed by atoms with E-state index in [0.717, 1.165) is 0 Å². The molecule has 3 unspecified atom stereocenters. The van der Waals surface area contributed by atoms with Crippen molar-refractivity contribution in [2.45, 2.75) is 50.1 Å². The molecule has 9 heteroatoms. The zero-order chi connectivity index (χ0) is 26.2. The summed E-state index contributed by atoms with van der Waals surface area (Å²) in [6.07, 6.45) is 8.15. The van der Waals surface area contributed by atoms with E-state index >= 15 is 0 Å². The lowest BCUT2D eigenvalue weighted by atomic mass is 9.54. The van der Waals surface area contributed by atoms with Gasteiger partial charge in [0, 0.05) is 44.2 Å². The number of methoxy groups -OCH3 is 1. The largest absolute Gasteiger partial charge is 0.418 e. The molecule has 0 aliphatic heterocycles. The van der Waals surface area contributed by atoms with Crippen LogP contribution in [0.5, 0.6) is 0 Å². The number of nitrogens with zero attached hydrogens (tertiary/aromatic N) is 3. The van der Waals surface area contributed by atoms with E-state index in [4.69, 9.17) is 4.74 Å². The molecule has 0 radical (unpaired) electrons. The number of aliphatic hydroxyl groups is 1. The third-order valence-corrected chi connectivity index (χ3v) is 7.19. The first-order valence-corrected chi connectivity index (χ1v) is 11.5. The highest BCUT2D eigenvalue weighted by Crippen LogP contribution is 2.54. The summed E-state index contributed by atoms with van der Waals surface area (Å²) < 4.78 is 51.0. The van der Waals surface area contributed by atoms with Crippen molar-refractivity contribution >= 4 is 10.9 Å². The SMILES string of the molecule is COC1C=CC=CC1(c1cccnc1)C(C)(C)CC(O)(Cn1ccc(=O)c2cnccc21)C(F)(F)F. The molecule has 0 amide bonds. The molecule has 0 fully saturated rings. The van der Waals surface area contributed by atoms with Gasteiger partial charge < -0.3 is 14.4 Å². The molecule has 1 aliphatic rings. The van der Waals surface area contributed by atoms with Crippen LogP contribution < -0.4 is 5.43 Å². The van der Waals surface area contributed by atoms with Crippen LogP contribution in [0.4, 0.5) is 13.2 Å². The van der Waals surface area contributed by atoms with Crippen LogP contribution in [0.15, 0.2) is 84.3 Å². The van der Waals surface area contributed by atoms with Crippen LogP contribution in [0, 0.1) is 5.41 Å². The number of rotatable bonds is 7. The highest BCUT2D eigenvalue weighted by atomic mass is 19.4. The standard InChI is InChI=1S/C27H28F3N3O3/c1-24(2,26(19-7-6-12-31-15-19)11-5-4-8-23(26)36-3)17-25(35,27(28,29)30)18-33-14-10-22(34)20-16-32-13-9-21(20)33/h4-16,23,35H,17-18H2,1-3H3. The van der Waals surface area contributed by atoms with Gasteiger partial charge in [0.2, 0.25) is 0 Å². The molecule has 190 valence electrons. The first-order valence-electron chi connectivity index (χ1n) is 11.5. The van der Waals surface area contributed by atoms with Gasteiger partial charge in [-0.1, -0.05) is 44.2 Å². The average molecular weight is 500 g/mol. The summed E-state index contributed by atoms with van der Waals surface area (Å²) in [5, 5.41) is 11.6. The van der Waals surface area contributed by atoms with Gasteiger partial charge in [-0.3, -0.25) is 14.8 Å². The Kier molecular flexibility index (Phi) is 6.66. The van der Waals surface area contributed by atoms with Crippen LogP contribution in [0.25, 0.3) is 10.9 Å². The van der Waals surface area contributed by atoms with E-state index in [1.165, 1.54) is 42.4 Å². The molecule has 0 saturated heterocycles. The molecule has 36 heavy (non-hydrogen) atoms. The van der Waals surface area contributed by atoms with Gasteiger partial charge in [0.05, 0.1) is 29.0 Å². The zero-order valence-electron chi connectivity index (χ0n) is 20.2. The van der Waals surface area contributed by atoms with Crippen molar-refractivity contribution in [1.29, 1.82) is 0 Å².